The lowest BCUT2D eigenvalue weighted by Crippen LogP contribution is -2.53. The van der Waals surface area contributed by atoms with Crippen LogP contribution in [0.15, 0.2) is 0 Å². The lowest BCUT2D eigenvalue weighted by Gasteiger charge is -2.34. The molecule has 2 aliphatic heterocycles. The van der Waals surface area contributed by atoms with Gasteiger partial charge in [-0.3, -0.25) is 14.3 Å². The number of amides is 2. The van der Waals surface area contributed by atoms with Gasteiger partial charge in [0, 0.05) is 38.2 Å². The minimum atomic E-state index is -0.146. The zero-order valence-corrected chi connectivity index (χ0v) is 16.3. The first kappa shape index (κ1) is 18.4. The maximum absolute atomic E-state index is 13.2. The van der Waals surface area contributed by atoms with Gasteiger partial charge in [-0.25, -0.2) is 0 Å². The molecule has 8 nitrogen and oxygen atoms in total. The fraction of sp³-hybridized carbons (Fsp3) is 0.737. The van der Waals surface area contributed by atoms with Gasteiger partial charge in [0.2, 0.25) is 5.91 Å². The monoisotopic (exact) mass is 376 g/mol. The Hall–Kier alpha value is -1.93. The standard InChI is InChI=1S/C19H28N4O4/c1-12-10-15-17(20-23(8-9-26-3)18(15)13(2)27-12)19(25)21-6-7-22(14-4-5-14)16(24)11-21/h12-14H,4-11H2,1-3H3/t12-,13+/m1/s1. The summed E-state index contributed by atoms with van der Waals surface area (Å²) in [6.07, 6.45) is 2.75. The number of nitrogens with zero attached hydrogens (tertiary/aromatic N) is 4. The third-order valence-electron chi connectivity index (χ3n) is 5.65. The first-order valence-electron chi connectivity index (χ1n) is 9.82. The Morgan fingerprint density at radius 1 is 1.30 bits per heavy atom. The first-order valence-corrected chi connectivity index (χ1v) is 9.82. The van der Waals surface area contributed by atoms with Crippen molar-refractivity contribution in [2.24, 2.45) is 0 Å². The van der Waals surface area contributed by atoms with Crippen molar-refractivity contribution in [2.75, 3.05) is 33.4 Å². The predicted octanol–water partition coefficient (Wildman–Crippen LogP) is 0.998. The molecule has 0 N–H and O–H groups in total. The van der Waals surface area contributed by atoms with Gasteiger partial charge in [0.1, 0.15) is 6.54 Å². The number of fused-ring (bicyclic) bond motifs is 1. The van der Waals surface area contributed by atoms with E-state index in [1.165, 1.54) is 0 Å². The highest BCUT2D eigenvalue weighted by atomic mass is 16.5. The average Bonchev–Trinajstić information content (AvgIpc) is 3.40. The fourth-order valence-corrected chi connectivity index (χ4v) is 4.22. The van der Waals surface area contributed by atoms with E-state index >= 15 is 0 Å². The molecule has 1 saturated carbocycles. The Kier molecular flexibility index (Phi) is 4.94. The van der Waals surface area contributed by atoms with Gasteiger partial charge in [0.15, 0.2) is 5.69 Å². The highest BCUT2D eigenvalue weighted by Gasteiger charge is 2.39. The second kappa shape index (κ2) is 7.24. The van der Waals surface area contributed by atoms with Crippen LogP contribution in [0.3, 0.4) is 0 Å². The van der Waals surface area contributed by atoms with Gasteiger partial charge in [0.05, 0.1) is 31.1 Å². The molecule has 2 amide bonds. The largest absolute Gasteiger partial charge is 0.383 e. The van der Waals surface area contributed by atoms with Crippen molar-refractivity contribution in [3.8, 4) is 0 Å². The summed E-state index contributed by atoms with van der Waals surface area (Å²) in [5, 5.41) is 4.62. The molecule has 1 aromatic rings. The summed E-state index contributed by atoms with van der Waals surface area (Å²) < 4.78 is 13.0. The zero-order chi connectivity index (χ0) is 19.1. The molecule has 8 heteroatoms. The van der Waals surface area contributed by atoms with Crippen molar-refractivity contribution < 1.29 is 19.1 Å². The molecule has 3 aliphatic rings. The first-order chi connectivity index (χ1) is 13.0. The number of hydrogen-bond donors (Lipinski definition) is 0. The second-order valence-electron chi connectivity index (χ2n) is 7.77. The molecule has 1 aliphatic carbocycles. The number of ether oxygens (including phenoxy) is 2. The number of methoxy groups -OCH3 is 1. The molecule has 0 radical (unpaired) electrons. The molecule has 1 saturated heterocycles. The van der Waals surface area contributed by atoms with Crippen molar-refractivity contribution in [2.45, 2.75) is 57.9 Å². The highest BCUT2D eigenvalue weighted by Crippen LogP contribution is 2.33. The van der Waals surface area contributed by atoms with Gasteiger partial charge in [-0.1, -0.05) is 0 Å². The molecule has 148 valence electrons. The van der Waals surface area contributed by atoms with Gasteiger partial charge in [0.25, 0.3) is 5.91 Å². The van der Waals surface area contributed by atoms with E-state index in [1.54, 1.807) is 12.0 Å². The minimum Gasteiger partial charge on any atom is -0.383 e. The summed E-state index contributed by atoms with van der Waals surface area (Å²) in [6.45, 7) is 6.44. The molecule has 2 fully saturated rings. The van der Waals surface area contributed by atoms with Gasteiger partial charge < -0.3 is 19.3 Å². The molecule has 0 unspecified atom stereocenters. The normalized spacial score (nSPS) is 25.7. The smallest absolute Gasteiger partial charge is 0.275 e. The third kappa shape index (κ3) is 3.48. The second-order valence-corrected chi connectivity index (χ2v) is 7.77. The van der Waals surface area contributed by atoms with E-state index in [0.29, 0.717) is 44.4 Å². The van der Waals surface area contributed by atoms with Crippen LogP contribution in [0.5, 0.6) is 0 Å². The van der Waals surface area contributed by atoms with Gasteiger partial charge in [-0.2, -0.15) is 5.10 Å². The number of aromatic nitrogens is 2. The summed E-state index contributed by atoms with van der Waals surface area (Å²) >= 11 is 0. The fourth-order valence-electron chi connectivity index (χ4n) is 4.22. The van der Waals surface area contributed by atoms with Crippen molar-refractivity contribution in [3.63, 3.8) is 0 Å². The van der Waals surface area contributed by atoms with Crippen molar-refractivity contribution in [3.05, 3.63) is 17.0 Å². The average molecular weight is 376 g/mol. The van der Waals surface area contributed by atoms with Gasteiger partial charge in [-0.15, -0.1) is 0 Å². The number of carbonyl (C=O) groups is 2. The molecule has 27 heavy (non-hydrogen) atoms. The Balaban J connectivity index is 1.59. The van der Waals surface area contributed by atoms with Crippen LogP contribution in [0.1, 0.15) is 54.5 Å². The van der Waals surface area contributed by atoms with E-state index in [4.69, 9.17) is 9.47 Å². The zero-order valence-electron chi connectivity index (χ0n) is 16.3. The van der Waals surface area contributed by atoms with Crippen LogP contribution in [0, 0.1) is 0 Å². The molecule has 4 rings (SSSR count). The maximum atomic E-state index is 13.2. The third-order valence-corrected chi connectivity index (χ3v) is 5.65. The molecule has 0 spiro atoms. The summed E-state index contributed by atoms with van der Waals surface area (Å²) in [4.78, 5) is 29.2. The summed E-state index contributed by atoms with van der Waals surface area (Å²) in [5.41, 5.74) is 2.38. The lowest BCUT2D eigenvalue weighted by molar-refractivity contribution is -0.135. The van der Waals surface area contributed by atoms with Crippen LogP contribution in [-0.4, -0.2) is 76.9 Å². The minimum absolute atomic E-state index is 0.0347. The Morgan fingerprint density at radius 3 is 2.74 bits per heavy atom. The van der Waals surface area contributed by atoms with E-state index in [9.17, 15) is 9.59 Å². The van der Waals surface area contributed by atoms with E-state index in [1.807, 2.05) is 23.4 Å². The number of carbonyl (C=O) groups excluding carboxylic acids is 2. The van der Waals surface area contributed by atoms with E-state index in [2.05, 4.69) is 5.10 Å². The van der Waals surface area contributed by atoms with E-state index in [-0.39, 0.29) is 30.6 Å². The topological polar surface area (TPSA) is 76.9 Å². The number of piperazine rings is 1. The molecular formula is C19H28N4O4. The van der Waals surface area contributed by atoms with Crippen LogP contribution in [-0.2, 0) is 27.2 Å². The maximum Gasteiger partial charge on any atom is 0.275 e. The van der Waals surface area contributed by atoms with Crippen molar-refractivity contribution in [1.29, 1.82) is 0 Å². The number of rotatable bonds is 5. The molecule has 1 aromatic heterocycles. The Labute approximate surface area is 159 Å². The Morgan fingerprint density at radius 2 is 2.07 bits per heavy atom. The van der Waals surface area contributed by atoms with Crippen molar-refractivity contribution >= 4 is 11.8 Å². The number of hydrogen-bond acceptors (Lipinski definition) is 5. The van der Waals surface area contributed by atoms with Crippen LogP contribution < -0.4 is 0 Å². The van der Waals surface area contributed by atoms with Crippen LogP contribution >= 0.6 is 0 Å². The van der Waals surface area contributed by atoms with E-state index in [0.717, 1.165) is 24.1 Å². The molecule has 0 aromatic carbocycles. The van der Waals surface area contributed by atoms with E-state index < -0.39 is 0 Å². The van der Waals surface area contributed by atoms with Crippen LogP contribution in [0.25, 0.3) is 0 Å². The lowest BCUT2D eigenvalue weighted by atomic mass is 9.99. The Bertz CT molecular complexity index is 742. The van der Waals surface area contributed by atoms with Crippen LogP contribution in [0.2, 0.25) is 0 Å². The SMILES string of the molecule is COCCn1nc(C(=O)N2CCN(C3CC3)C(=O)C2)c2c1[C@H](C)O[C@H](C)C2. The van der Waals surface area contributed by atoms with Gasteiger partial charge >= 0.3 is 0 Å². The molecule has 2 atom stereocenters. The van der Waals surface area contributed by atoms with Crippen molar-refractivity contribution in [1.82, 2.24) is 19.6 Å². The molecular weight excluding hydrogens is 348 g/mol. The summed E-state index contributed by atoms with van der Waals surface area (Å²) in [5.74, 6) is -0.0950. The van der Waals surface area contributed by atoms with Gasteiger partial charge in [-0.05, 0) is 26.7 Å². The van der Waals surface area contributed by atoms with Crippen LogP contribution in [0.4, 0.5) is 0 Å². The highest BCUT2D eigenvalue weighted by molar-refractivity contribution is 5.97. The summed E-state index contributed by atoms with van der Waals surface area (Å²) in [7, 11) is 1.65. The molecule has 0 bridgehead atoms. The summed E-state index contributed by atoms with van der Waals surface area (Å²) in [6, 6.07) is 0.398. The quantitative estimate of drug-likeness (QED) is 0.766. The predicted molar refractivity (Wildman–Crippen MR) is 97.4 cm³/mol. The molecule has 3 heterocycles.